The summed E-state index contributed by atoms with van der Waals surface area (Å²) < 4.78 is 23.4. The normalized spacial score (nSPS) is 30.6. The summed E-state index contributed by atoms with van der Waals surface area (Å²) in [6.45, 7) is 0.831. The van der Waals surface area contributed by atoms with Gasteiger partial charge in [0.15, 0.2) is 0 Å². The van der Waals surface area contributed by atoms with Crippen molar-refractivity contribution in [3.05, 3.63) is 45.8 Å². The third-order valence-electron chi connectivity index (χ3n) is 4.41. The number of aliphatic hydroxyl groups excluding tert-OH is 3. The van der Waals surface area contributed by atoms with E-state index < -0.39 is 42.8 Å². The van der Waals surface area contributed by atoms with Crippen molar-refractivity contribution in [3.63, 3.8) is 0 Å². The molecule has 2 aromatic rings. The first-order chi connectivity index (χ1) is 11.4. The molecule has 0 bridgehead atoms. The molecule has 3 N–H and O–H groups in total. The molecule has 0 radical (unpaired) electrons. The summed E-state index contributed by atoms with van der Waals surface area (Å²) in [7, 11) is 0. The predicted octanol–water partition coefficient (Wildman–Crippen LogP) is 0.464. The molecule has 0 aliphatic carbocycles. The van der Waals surface area contributed by atoms with Crippen LogP contribution in [-0.2, 0) is 11.2 Å². The van der Waals surface area contributed by atoms with E-state index in [4.69, 9.17) is 9.15 Å². The minimum absolute atomic E-state index is 0.218. The summed E-state index contributed by atoms with van der Waals surface area (Å²) >= 11 is 0. The van der Waals surface area contributed by atoms with Gasteiger partial charge < -0.3 is 24.5 Å². The molecule has 0 saturated carbocycles. The van der Waals surface area contributed by atoms with E-state index in [0.717, 1.165) is 16.5 Å². The maximum atomic E-state index is 12.9. The number of aliphatic hydroxyl groups is 3. The first-order valence-corrected chi connectivity index (χ1v) is 7.69. The Hall–Kier alpha value is -1.80. The second kappa shape index (κ2) is 6.60. The maximum Gasteiger partial charge on any atom is 0.336 e. The molecule has 1 aliphatic rings. The molecule has 130 valence electrons. The first kappa shape index (κ1) is 17.0. The van der Waals surface area contributed by atoms with Crippen LogP contribution in [0.3, 0.4) is 0 Å². The number of rotatable bonds is 3. The SMILES string of the molecule is Cc1cc(=O)oc2ccc(C[C@@H]3O[C@H](CF)[C@H](O)[C@H](O)[C@H]3O)cc12. The van der Waals surface area contributed by atoms with Crippen LogP contribution in [0.2, 0.25) is 0 Å². The lowest BCUT2D eigenvalue weighted by Crippen LogP contribution is -2.58. The number of hydrogen-bond acceptors (Lipinski definition) is 6. The van der Waals surface area contributed by atoms with Crippen molar-refractivity contribution in [2.45, 2.75) is 43.9 Å². The Kier molecular flexibility index (Phi) is 4.69. The van der Waals surface area contributed by atoms with E-state index in [1.54, 1.807) is 25.1 Å². The summed E-state index contributed by atoms with van der Waals surface area (Å²) in [6.07, 6.45) is -6.06. The van der Waals surface area contributed by atoms with Crippen molar-refractivity contribution >= 4 is 11.0 Å². The lowest BCUT2D eigenvalue weighted by Gasteiger charge is -2.39. The second-order valence-electron chi connectivity index (χ2n) is 6.12. The number of aryl methyl sites for hydroxylation is 1. The van der Waals surface area contributed by atoms with E-state index >= 15 is 0 Å². The van der Waals surface area contributed by atoms with Gasteiger partial charge in [-0.15, -0.1) is 0 Å². The molecule has 1 aliphatic heterocycles. The van der Waals surface area contributed by atoms with Gasteiger partial charge in [0, 0.05) is 17.9 Å². The Balaban J connectivity index is 1.87. The van der Waals surface area contributed by atoms with Gasteiger partial charge in [-0.1, -0.05) is 6.07 Å². The quantitative estimate of drug-likeness (QED) is 0.703. The minimum Gasteiger partial charge on any atom is -0.423 e. The van der Waals surface area contributed by atoms with Crippen LogP contribution in [0.25, 0.3) is 11.0 Å². The molecule has 0 unspecified atom stereocenters. The fourth-order valence-corrected chi connectivity index (χ4v) is 3.05. The number of benzene rings is 1. The van der Waals surface area contributed by atoms with Crippen LogP contribution in [0.4, 0.5) is 4.39 Å². The summed E-state index contributed by atoms with van der Waals surface area (Å²) in [5.74, 6) is 0. The van der Waals surface area contributed by atoms with E-state index in [1.165, 1.54) is 6.07 Å². The maximum absolute atomic E-state index is 12.9. The Morgan fingerprint density at radius 2 is 1.79 bits per heavy atom. The van der Waals surface area contributed by atoms with Crippen LogP contribution < -0.4 is 5.63 Å². The number of hydrogen-bond donors (Lipinski definition) is 3. The molecule has 6 nitrogen and oxygen atoms in total. The van der Waals surface area contributed by atoms with Crippen LogP contribution in [0, 0.1) is 6.92 Å². The molecule has 0 amide bonds. The molecule has 24 heavy (non-hydrogen) atoms. The summed E-state index contributed by atoms with van der Waals surface area (Å²) in [5.41, 5.74) is 1.54. The third-order valence-corrected chi connectivity index (χ3v) is 4.41. The van der Waals surface area contributed by atoms with Gasteiger partial charge in [0.2, 0.25) is 0 Å². The summed E-state index contributed by atoms with van der Waals surface area (Å²) in [6, 6.07) is 6.54. The van der Waals surface area contributed by atoms with Gasteiger partial charge in [-0.2, -0.15) is 0 Å². The molecular formula is C17H19FO6. The second-order valence-corrected chi connectivity index (χ2v) is 6.12. The molecule has 5 atom stereocenters. The van der Waals surface area contributed by atoms with Crippen molar-refractivity contribution in [3.8, 4) is 0 Å². The molecule has 1 saturated heterocycles. The monoisotopic (exact) mass is 338 g/mol. The molecule has 1 fully saturated rings. The van der Waals surface area contributed by atoms with E-state index in [2.05, 4.69) is 0 Å². The minimum atomic E-state index is -1.47. The van der Waals surface area contributed by atoms with Crippen molar-refractivity contribution in [2.24, 2.45) is 0 Å². The Morgan fingerprint density at radius 1 is 1.08 bits per heavy atom. The fraction of sp³-hybridized carbons (Fsp3) is 0.471. The van der Waals surface area contributed by atoms with Gasteiger partial charge in [-0.25, -0.2) is 9.18 Å². The van der Waals surface area contributed by atoms with E-state index in [9.17, 15) is 24.5 Å². The Labute approximate surface area is 137 Å². The van der Waals surface area contributed by atoms with Gasteiger partial charge in [-0.05, 0) is 30.2 Å². The fourth-order valence-electron chi connectivity index (χ4n) is 3.05. The van der Waals surface area contributed by atoms with Gasteiger partial charge in [0.05, 0.1) is 6.10 Å². The van der Waals surface area contributed by atoms with Crippen molar-refractivity contribution in [1.29, 1.82) is 0 Å². The van der Waals surface area contributed by atoms with Crippen molar-refractivity contribution in [1.82, 2.24) is 0 Å². The predicted molar refractivity (Wildman–Crippen MR) is 83.6 cm³/mol. The van der Waals surface area contributed by atoms with Gasteiger partial charge in [0.1, 0.15) is 36.7 Å². The highest BCUT2D eigenvalue weighted by Crippen LogP contribution is 2.26. The lowest BCUT2D eigenvalue weighted by molar-refractivity contribution is -0.224. The zero-order valence-electron chi connectivity index (χ0n) is 13.1. The molecule has 3 rings (SSSR count). The van der Waals surface area contributed by atoms with Gasteiger partial charge in [-0.3, -0.25) is 0 Å². The molecule has 1 aromatic carbocycles. The topological polar surface area (TPSA) is 100 Å². The molecule has 7 heteroatoms. The summed E-state index contributed by atoms with van der Waals surface area (Å²) in [4.78, 5) is 11.4. The molecule has 2 heterocycles. The van der Waals surface area contributed by atoms with Crippen molar-refractivity contribution < 1.29 is 28.9 Å². The van der Waals surface area contributed by atoms with Gasteiger partial charge in [0.25, 0.3) is 0 Å². The third kappa shape index (κ3) is 3.08. The first-order valence-electron chi connectivity index (χ1n) is 7.69. The number of ether oxygens (including phenoxy) is 1. The Bertz CT molecular complexity index is 786. The molecule has 0 spiro atoms. The van der Waals surface area contributed by atoms with Gasteiger partial charge >= 0.3 is 5.63 Å². The lowest BCUT2D eigenvalue weighted by atomic mass is 9.91. The smallest absolute Gasteiger partial charge is 0.336 e. The average Bonchev–Trinajstić information content (AvgIpc) is 2.55. The highest BCUT2D eigenvalue weighted by Gasteiger charge is 2.43. The number of alkyl halides is 1. The standard InChI is InChI=1S/C17H19FO6/c1-8-4-14(19)24-11-3-2-9(5-10(8)11)6-12-15(20)17(22)16(21)13(7-18)23-12/h2-5,12-13,15-17,20-22H,6-7H2,1H3/t12-,13+,15-,16-,17+/m0/s1. The largest absolute Gasteiger partial charge is 0.423 e. The number of halogens is 1. The van der Waals surface area contributed by atoms with Crippen LogP contribution in [0.1, 0.15) is 11.1 Å². The highest BCUT2D eigenvalue weighted by molar-refractivity contribution is 5.80. The summed E-state index contributed by atoms with van der Waals surface area (Å²) in [5, 5.41) is 30.3. The van der Waals surface area contributed by atoms with Crippen LogP contribution in [0.5, 0.6) is 0 Å². The van der Waals surface area contributed by atoms with E-state index in [1.807, 2.05) is 0 Å². The Morgan fingerprint density at radius 3 is 2.50 bits per heavy atom. The van der Waals surface area contributed by atoms with Crippen molar-refractivity contribution in [2.75, 3.05) is 6.67 Å². The molecule has 1 aromatic heterocycles. The van der Waals surface area contributed by atoms with E-state index in [0.29, 0.717) is 5.58 Å². The number of fused-ring (bicyclic) bond motifs is 1. The van der Waals surface area contributed by atoms with Crippen LogP contribution >= 0.6 is 0 Å². The van der Waals surface area contributed by atoms with Crippen LogP contribution in [-0.4, -0.2) is 52.5 Å². The highest BCUT2D eigenvalue weighted by atomic mass is 19.1. The average molecular weight is 338 g/mol. The van der Waals surface area contributed by atoms with E-state index in [-0.39, 0.29) is 6.42 Å². The zero-order valence-corrected chi connectivity index (χ0v) is 13.1. The zero-order chi connectivity index (χ0) is 17.4. The molecular weight excluding hydrogens is 319 g/mol. The van der Waals surface area contributed by atoms with Crippen LogP contribution in [0.15, 0.2) is 33.5 Å².